The average molecular weight is 331 g/mol. The van der Waals surface area contributed by atoms with Crippen LogP contribution in [-0.4, -0.2) is 10.8 Å². The maximum Gasteiger partial charge on any atom is 0.152 e. The Morgan fingerprint density at radius 1 is 1.35 bits per heavy atom. The number of ether oxygens (including phenoxy) is 1. The SMILES string of the molecule is CC=Nc1ccn(C)c1/C(Oc1ccc(C)c(Cl)c1)=C(/C)CC. The molecule has 0 atom stereocenters. The van der Waals surface area contributed by atoms with E-state index in [4.69, 9.17) is 16.3 Å². The molecule has 4 heteroatoms. The van der Waals surface area contributed by atoms with Gasteiger partial charge in [-0.05, 0) is 56.5 Å². The molecule has 0 radical (unpaired) electrons. The number of hydrogen-bond donors (Lipinski definition) is 0. The van der Waals surface area contributed by atoms with Crippen LogP contribution < -0.4 is 4.74 Å². The van der Waals surface area contributed by atoms with Crippen molar-refractivity contribution in [1.29, 1.82) is 0 Å². The van der Waals surface area contributed by atoms with Crippen LogP contribution in [0.15, 0.2) is 41.0 Å². The molecular formula is C19H23ClN2O. The van der Waals surface area contributed by atoms with Crippen molar-refractivity contribution in [3.05, 3.63) is 52.3 Å². The normalized spacial score (nSPS) is 12.6. The first-order valence-corrected chi connectivity index (χ1v) is 8.13. The zero-order valence-corrected chi connectivity index (χ0v) is 15.1. The molecule has 0 fully saturated rings. The van der Waals surface area contributed by atoms with Crippen LogP contribution in [0.25, 0.3) is 5.76 Å². The molecular weight excluding hydrogens is 308 g/mol. The Kier molecular flexibility index (Phi) is 5.67. The summed E-state index contributed by atoms with van der Waals surface area (Å²) in [6, 6.07) is 7.75. The lowest BCUT2D eigenvalue weighted by atomic mass is 10.1. The number of halogens is 1. The quantitative estimate of drug-likeness (QED) is 0.493. The number of aryl methyl sites for hydroxylation is 2. The number of nitrogens with zero attached hydrogens (tertiary/aromatic N) is 2. The van der Waals surface area contributed by atoms with Crippen LogP contribution in [0.1, 0.15) is 38.4 Å². The highest BCUT2D eigenvalue weighted by Gasteiger charge is 2.17. The Labute approximate surface area is 143 Å². The van der Waals surface area contributed by atoms with Crippen molar-refractivity contribution in [3.63, 3.8) is 0 Å². The lowest BCUT2D eigenvalue weighted by Crippen LogP contribution is -2.04. The standard InChI is InChI=1S/C19H23ClN2O/c1-6-13(3)19(18-17(21-7-2)10-11-22(18)5)23-15-9-8-14(4)16(20)12-15/h7-12H,6H2,1-5H3/b19-13+,21-7?. The van der Waals surface area contributed by atoms with Crippen LogP contribution in [-0.2, 0) is 7.05 Å². The van der Waals surface area contributed by atoms with E-state index in [1.165, 1.54) is 0 Å². The van der Waals surface area contributed by atoms with E-state index in [0.717, 1.165) is 40.4 Å². The van der Waals surface area contributed by atoms with Crippen molar-refractivity contribution in [2.75, 3.05) is 0 Å². The van der Waals surface area contributed by atoms with Crippen LogP contribution in [0.2, 0.25) is 5.02 Å². The highest BCUT2D eigenvalue weighted by Crippen LogP contribution is 2.33. The van der Waals surface area contributed by atoms with Crippen LogP contribution in [0.4, 0.5) is 5.69 Å². The van der Waals surface area contributed by atoms with E-state index in [1.54, 1.807) is 6.21 Å². The zero-order valence-electron chi connectivity index (χ0n) is 14.4. The number of aromatic nitrogens is 1. The van der Waals surface area contributed by atoms with E-state index in [9.17, 15) is 0 Å². The number of aliphatic imine (C=N–C) groups is 1. The summed E-state index contributed by atoms with van der Waals surface area (Å²) >= 11 is 6.22. The molecule has 23 heavy (non-hydrogen) atoms. The molecule has 0 bridgehead atoms. The van der Waals surface area contributed by atoms with Gasteiger partial charge in [0.2, 0.25) is 0 Å². The van der Waals surface area contributed by atoms with Gasteiger partial charge in [-0.15, -0.1) is 0 Å². The van der Waals surface area contributed by atoms with Gasteiger partial charge in [0.05, 0.1) is 5.69 Å². The van der Waals surface area contributed by atoms with Gasteiger partial charge in [0, 0.05) is 24.5 Å². The molecule has 0 amide bonds. The van der Waals surface area contributed by atoms with E-state index >= 15 is 0 Å². The number of allylic oxidation sites excluding steroid dienone is 1. The van der Waals surface area contributed by atoms with E-state index < -0.39 is 0 Å². The molecule has 0 spiro atoms. The largest absolute Gasteiger partial charge is 0.455 e. The van der Waals surface area contributed by atoms with E-state index in [0.29, 0.717) is 5.02 Å². The average Bonchev–Trinajstić information content (AvgIpc) is 2.89. The maximum absolute atomic E-state index is 6.22. The first-order chi connectivity index (χ1) is 11.0. The summed E-state index contributed by atoms with van der Waals surface area (Å²) in [6.45, 7) is 8.09. The minimum atomic E-state index is 0.703. The van der Waals surface area contributed by atoms with Crippen molar-refractivity contribution in [3.8, 4) is 5.75 Å². The van der Waals surface area contributed by atoms with E-state index in [-0.39, 0.29) is 0 Å². The molecule has 0 saturated heterocycles. The summed E-state index contributed by atoms with van der Waals surface area (Å²) in [5.74, 6) is 1.57. The third-order valence-corrected chi connectivity index (χ3v) is 4.22. The Morgan fingerprint density at radius 3 is 2.70 bits per heavy atom. The summed E-state index contributed by atoms with van der Waals surface area (Å²) in [5, 5.41) is 0.703. The van der Waals surface area contributed by atoms with Crippen molar-refractivity contribution < 1.29 is 4.74 Å². The highest BCUT2D eigenvalue weighted by atomic mass is 35.5. The summed E-state index contributed by atoms with van der Waals surface area (Å²) in [5.41, 5.74) is 4.07. The number of hydrogen-bond acceptors (Lipinski definition) is 2. The first-order valence-electron chi connectivity index (χ1n) is 7.76. The Morgan fingerprint density at radius 2 is 2.09 bits per heavy atom. The molecule has 2 rings (SSSR count). The molecule has 0 aliphatic rings. The fourth-order valence-corrected chi connectivity index (χ4v) is 2.46. The van der Waals surface area contributed by atoms with Gasteiger partial charge in [-0.2, -0.15) is 0 Å². The zero-order chi connectivity index (χ0) is 17.0. The minimum Gasteiger partial charge on any atom is -0.455 e. The van der Waals surface area contributed by atoms with Crippen molar-refractivity contribution in [1.82, 2.24) is 4.57 Å². The van der Waals surface area contributed by atoms with Gasteiger partial charge in [0.15, 0.2) is 5.76 Å². The van der Waals surface area contributed by atoms with Gasteiger partial charge in [-0.25, -0.2) is 0 Å². The summed E-state index contributed by atoms with van der Waals surface area (Å²) in [7, 11) is 2.00. The molecule has 0 unspecified atom stereocenters. The smallest absolute Gasteiger partial charge is 0.152 e. The topological polar surface area (TPSA) is 26.5 Å². The van der Waals surface area contributed by atoms with Gasteiger partial charge >= 0.3 is 0 Å². The van der Waals surface area contributed by atoms with Crippen molar-refractivity contribution >= 4 is 29.3 Å². The predicted molar refractivity (Wildman–Crippen MR) is 98.9 cm³/mol. The summed E-state index contributed by atoms with van der Waals surface area (Å²) in [4.78, 5) is 4.45. The number of benzene rings is 1. The molecule has 0 N–H and O–H groups in total. The van der Waals surface area contributed by atoms with Gasteiger partial charge in [0.1, 0.15) is 11.4 Å². The minimum absolute atomic E-state index is 0.703. The van der Waals surface area contributed by atoms with Crippen molar-refractivity contribution in [2.45, 2.75) is 34.1 Å². The van der Waals surface area contributed by atoms with Crippen LogP contribution in [0.5, 0.6) is 5.75 Å². The van der Waals surface area contributed by atoms with Gasteiger partial charge in [0.25, 0.3) is 0 Å². The third kappa shape index (κ3) is 3.85. The fraction of sp³-hybridized carbons (Fsp3) is 0.316. The number of rotatable bonds is 5. The molecule has 0 aliphatic heterocycles. The van der Waals surface area contributed by atoms with Crippen molar-refractivity contribution in [2.24, 2.45) is 12.0 Å². The molecule has 2 aromatic rings. The second-order valence-electron chi connectivity index (χ2n) is 5.52. The highest BCUT2D eigenvalue weighted by molar-refractivity contribution is 6.31. The third-order valence-electron chi connectivity index (χ3n) is 3.82. The second-order valence-corrected chi connectivity index (χ2v) is 5.93. The molecule has 0 saturated carbocycles. The van der Waals surface area contributed by atoms with Gasteiger partial charge in [-0.3, -0.25) is 4.99 Å². The summed E-state index contributed by atoms with van der Waals surface area (Å²) in [6.07, 6.45) is 4.68. The Hall–Kier alpha value is -2.00. The molecule has 1 aromatic carbocycles. The monoisotopic (exact) mass is 330 g/mol. The van der Waals surface area contributed by atoms with Gasteiger partial charge in [-0.1, -0.05) is 24.6 Å². The lowest BCUT2D eigenvalue weighted by Gasteiger charge is -2.16. The van der Waals surface area contributed by atoms with E-state index in [2.05, 4.69) is 18.8 Å². The lowest BCUT2D eigenvalue weighted by molar-refractivity contribution is 0.502. The summed E-state index contributed by atoms with van der Waals surface area (Å²) < 4.78 is 8.25. The Balaban J connectivity index is 2.51. The molecule has 1 aromatic heterocycles. The van der Waals surface area contributed by atoms with Gasteiger partial charge < -0.3 is 9.30 Å². The second kappa shape index (κ2) is 7.51. The van der Waals surface area contributed by atoms with Crippen LogP contribution in [0.3, 0.4) is 0 Å². The fourth-order valence-electron chi connectivity index (χ4n) is 2.29. The Bertz CT molecular complexity index is 757. The maximum atomic E-state index is 6.22. The molecule has 122 valence electrons. The molecule has 0 aliphatic carbocycles. The predicted octanol–water partition coefficient (Wildman–Crippen LogP) is 5.93. The molecule has 3 nitrogen and oxygen atoms in total. The van der Waals surface area contributed by atoms with E-state index in [1.807, 2.05) is 55.9 Å². The molecule has 1 heterocycles. The first kappa shape index (κ1) is 17.4. The van der Waals surface area contributed by atoms with Crippen LogP contribution in [0, 0.1) is 6.92 Å². The van der Waals surface area contributed by atoms with Crippen LogP contribution >= 0.6 is 11.6 Å².